The van der Waals surface area contributed by atoms with Crippen LogP contribution in [0.15, 0.2) is 41.8 Å². The first-order valence-electron chi connectivity index (χ1n) is 4.30. The summed E-state index contributed by atoms with van der Waals surface area (Å²) >= 11 is 0. The number of carbonyl (C=O) groups excluding carboxylic acids is 1. The molecule has 0 N–H and O–H groups in total. The van der Waals surface area contributed by atoms with E-state index in [0.717, 1.165) is 0 Å². The molecule has 0 atom stereocenters. The fourth-order valence-corrected chi connectivity index (χ4v) is 0.926. The maximum atomic E-state index is 11.3. The summed E-state index contributed by atoms with van der Waals surface area (Å²) in [5.41, 5.74) is 8.70. The lowest BCUT2D eigenvalue weighted by Crippen LogP contribution is -2.00. The number of hydrogen-bond acceptors (Lipinski definition) is 5. The number of benzene rings is 1. The molecule has 0 saturated heterocycles. The summed E-state index contributed by atoms with van der Waals surface area (Å²) < 4.78 is 4.47. The standard InChI is InChI=1S/C9H6N4O4/c10-12-11-8-3-1-7(2-4-8)9(14)17-6-5-13(15)16/h1-6H. The Labute approximate surface area is 94.9 Å². The Bertz CT molecular complexity index is 502. The Hall–Kier alpha value is -2.86. The van der Waals surface area contributed by atoms with Crippen LogP contribution >= 0.6 is 0 Å². The molecule has 0 aliphatic carbocycles. The number of esters is 1. The van der Waals surface area contributed by atoms with Gasteiger partial charge < -0.3 is 4.74 Å². The first-order chi connectivity index (χ1) is 8.13. The van der Waals surface area contributed by atoms with Gasteiger partial charge in [-0.25, -0.2) is 4.79 Å². The molecule has 0 heterocycles. The smallest absolute Gasteiger partial charge is 0.343 e. The normalized spacial score (nSPS) is 9.65. The van der Waals surface area contributed by atoms with Crippen molar-refractivity contribution >= 4 is 11.7 Å². The van der Waals surface area contributed by atoms with Crippen molar-refractivity contribution in [2.24, 2.45) is 5.11 Å². The molecule has 0 bridgehead atoms. The van der Waals surface area contributed by atoms with E-state index >= 15 is 0 Å². The van der Waals surface area contributed by atoms with Crippen LogP contribution < -0.4 is 0 Å². The number of carbonyl (C=O) groups is 1. The quantitative estimate of drug-likeness (QED) is 0.151. The molecule has 86 valence electrons. The SMILES string of the molecule is [N-]=[N+]=Nc1ccc(C(=O)OC=C[N+](=O)[O-])cc1. The third kappa shape index (κ3) is 4.02. The summed E-state index contributed by atoms with van der Waals surface area (Å²) in [6.45, 7) is 0. The Balaban J connectivity index is 2.70. The van der Waals surface area contributed by atoms with E-state index in [0.29, 0.717) is 18.1 Å². The predicted molar refractivity (Wildman–Crippen MR) is 56.8 cm³/mol. The van der Waals surface area contributed by atoms with Gasteiger partial charge in [-0.1, -0.05) is 17.2 Å². The van der Waals surface area contributed by atoms with E-state index in [9.17, 15) is 14.9 Å². The van der Waals surface area contributed by atoms with Crippen LogP contribution in [-0.4, -0.2) is 10.9 Å². The molecule has 0 amide bonds. The van der Waals surface area contributed by atoms with Gasteiger partial charge in [0.05, 0.1) is 10.5 Å². The highest BCUT2D eigenvalue weighted by Gasteiger charge is 2.05. The van der Waals surface area contributed by atoms with Crippen molar-refractivity contribution in [1.82, 2.24) is 0 Å². The Morgan fingerprint density at radius 3 is 2.65 bits per heavy atom. The summed E-state index contributed by atoms with van der Waals surface area (Å²) in [6.07, 6.45) is 1.19. The highest BCUT2D eigenvalue weighted by molar-refractivity contribution is 5.90. The van der Waals surface area contributed by atoms with E-state index in [1.54, 1.807) is 0 Å². The van der Waals surface area contributed by atoms with Gasteiger partial charge >= 0.3 is 5.97 Å². The van der Waals surface area contributed by atoms with E-state index < -0.39 is 10.9 Å². The fourth-order valence-electron chi connectivity index (χ4n) is 0.926. The third-order valence-corrected chi connectivity index (χ3v) is 1.62. The predicted octanol–water partition coefficient (Wildman–Crippen LogP) is 2.53. The maximum absolute atomic E-state index is 11.3. The fraction of sp³-hybridized carbons (Fsp3) is 0. The zero-order valence-electron chi connectivity index (χ0n) is 8.39. The number of hydrogen-bond donors (Lipinski definition) is 0. The third-order valence-electron chi connectivity index (χ3n) is 1.62. The van der Waals surface area contributed by atoms with Gasteiger partial charge in [0.25, 0.3) is 6.20 Å². The largest absolute Gasteiger partial charge is 0.424 e. The average Bonchev–Trinajstić information content (AvgIpc) is 2.30. The average molecular weight is 234 g/mol. The molecule has 1 aromatic carbocycles. The number of azide groups is 1. The lowest BCUT2D eigenvalue weighted by Gasteiger charge is -1.98. The van der Waals surface area contributed by atoms with Crippen LogP contribution in [0.4, 0.5) is 5.69 Å². The second kappa shape index (κ2) is 5.89. The molecular formula is C9H6N4O4. The second-order valence-corrected chi connectivity index (χ2v) is 2.71. The van der Waals surface area contributed by atoms with E-state index in [-0.39, 0.29) is 5.56 Å². The van der Waals surface area contributed by atoms with Crippen molar-refractivity contribution in [1.29, 1.82) is 0 Å². The Morgan fingerprint density at radius 1 is 1.47 bits per heavy atom. The van der Waals surface area contributed by atoms with Crippen molar-refractivity contribution in [3.63, 3.8) is 0 Å². The van der Waals surface area contributed by atoms with Crippen LogP contribution in [-0.2, 0) is 4.74 Å². The topological polar surface area (TPSA) is 118 Å². The summed E-state index contributed by atoms with van der Waals surface area (Å²) in [6, 6.07) is 5.61. The Kier molecular flexibility index (Phi) is 4.23. The van der Waals surface area contributed by atoms with Crippen molar-refractivity contribution in [2.75, 3.05) is 0 Å². The van der Waals surface area contributed by atoms with Gasteiger partial charge in [-0.3, -0.25) is 10.1 Å². The monoisotopic (exact) mass is 234 g/mol. The van der Waals surface area contributed by atoms with Crippen LogP contribution in [0.2, 0.25) is 0 Å². The number of ether oxygens (including phenoxy) is 1. The molecule has 0 fully saturated rings. The van der Waals surface area contributed by atoms with Crippen LogP contribution in [0.1, 0.15) is 10.4 Å². The highest BCUT2D eigenvalue weighted by Crippen LogP contribution is 2.13. The molecule has 1 aromatic rings. The molecule has 0 aromatic heterocycles. The van der Waals surface area contributed by atoms with Crippen molar-refractivity contribution in [3.8, 4) is 0 Å². The summed E-state index contributed by atoms with van der Waals surface area (Å²) in [7, 11) is 0. The minimum Gasteiger partial charge on any atom is -0.424 e. The van der Waals surface area contributed by atoms with Gasteiger partial charge in [0.15, 0.2) is 6.26 Å². The van der Waals surface area contributed by atoms with Gasteiger partial charge in [-0.15, -0.1) is 0 Å². The number of nitro groups is 1. The van der Waals surface area contributed by atoms with Gasteiger partial charge in [-0.2, -0.15) is 0 Å². The zero-order valence-corrected chi connectivity index (χ0v) is 8.39. The second-order valence-electron chi connectivity index (χ2n) is 2.71. The van der Waals surface area contributed by atoms with Crippen LogP contribution in [0.5, 0.6) is 0 Å². The lowest BCUT2D eigenvalue weighted by atomic mass is 10.2. The van der Waals surface area contributed by atoms with Gasteiger partial charge in [0.1, 0.15) is 0 Å². The molecule has 0 saturated carbocycles. The number of rotatable bonds is 4. The molecular weight excluding hydrogens is 228 g/mol. The molecule has 17 heavy (non-hydrogen) atoms. The maximum Gasteiger partial charge on any atom is 0.343 e. The molecule has 0 aliphatic heterocycles. The molecule has 1 rings (SSSR count). The van der Waals surface area contributed by atoms with Crippen molar-refractivity contribution < 1.29 is 14.5 Å². The molecule has 0 spiro atoms. The van der Waals surface area contributed by atoms with Crippen molar-refractivity contribution in [2.45, 2.75) is 0 Å². The molecule has 8 nitrogen and oxygen atoms in total. The number of nitrogens with zero attached hydrogens (tertiary/aromatic N) is 4. The molecule has 0 radical (unpaired) electrons. The Morgan fingerprint density at radius 2 is 2.12 bits per heavy atom. The first kappa shape index (κ1) is 12.2. The zero-order chi connectivity index (χ0) is 12.7. The van der Waals surface area contributed by atoms with Crippen molar-refractivity contribution in [3.05, 3.63) is 62.8 Å². The summed E-state index contributed by atoms with van der Waals surface area (Å²) in [4.78, 5) is 23.0. The van der Waals surface area contributed by atoms with Gasteiger partial charge in [0.2, 0.25) is 0 Å². The highest BCUT2D eigenvalue weighted by atomic mass is 16.6. The van der Waals surface area contributed by atoms with E-state index in [1.807, 2.05) is 0 Å². The first-order valence-corrected chi connectivity index (χ1v) is 4.30. The van der Waals surface area contributed by atoms with Gasteiger partial charge in [0, 0.05) is 10.6 Å². The molecule has 8 heteroatoms. The van der Waals surface area contributed by atoms with Crippen LogP contribution in [0.3, 0.4) is 0 Å². The summed E-state index contributed by atoms with van der Waals surface area (Å²) in [5, 5.41) is 13.2. The van der Waals surface area contributed by atoms with E-state index in [2.05, 4.69) is 14.8 Å². The van der Waals surface area contributed by atoms with Crippen LogP contribution in [0.25, 0.3) is 10.4 Å². The van der Waals surface area contributed by atoms with Gasteiger partial charge in [-0.05, 0) is 17.7 Å². The molecule has 0 unspecified atom stereocenters. The minimum atomic E-state index is -0.752. The summed E-state index contributed by atoms with van der Waals surface area (Å²) in [5.74, 6) is -0.740. The minimum absolute atomic E-state index is 0.190. The van der Waals surface area contributed by atoms with E-state index in [4.69, 9.17) is 5.53 Å². The van der Waals surface area contributed by atoms with Crippen LogP contribution in [0, 0.1) is 10.1 Å². The lowest BCUT2D eigenvalue weighted by molar-refractivity contribution is -0.403. The molecule has 0 aliphatic rings. The van der Waals surface area contributed by atoms with E-state index in [1.165, 1.54) is 24.3 Å².